The van der Waals surface area contributed by atoms with Crippen molar-refractivity contribution in [3.05, 3.63) is 0 Å². The third kappa shape index (κ3) is 3.57. The van der Waals surface area contributed by atoms with E-state index in [0.29, 0.717) is 6.61 Å². The van der Waals surface area contributed by atoms with E-state index >= 15 is 0 Å². The largest absolute Gasteiger partial charge is 0.414 e. The van der Waals surface area contributed by atoms with Crippen molar-refractivity contribution in [1.82, 2.24) is 0 Å². The minimum atomic E-state index is -1.51. The van der Waals surface area contributed by atoms with Crippen LogP contribution in [0.15, 0.2) is 0 Å². The first kappa shape index (κ1) is 14.2. The van der Waals surface area contributed by atoms with Gasteiger partial charge in [0.05, 0.1) is 12.2 Å². The van der Waals surface area contributed by atoms with Gasteiger partial charge in [-0.25, -0.2) is 0 Å². The fourth-order valence-electron chi connectivity index (χ4n) is 2.70. The van der Waals surface area contributed by atoms with Crippen molar-refractivity contribution in [2.24, 2.45) is 0 Å². The van der Waals surface area contributed by atoms with E-state index in [0.717, 1.165) is 12.8 Å². The van der Waals surface area contributed by atoms with E-state index in [1.807, 2.05) is 0 Å². The number of aliphatic hydroxyl groups is 1. The molecule has 0 bridgehead atoms. The zero-order valence-corrected chi connectivity index (χ0v) is 12.2. The smallest absolute Gasteiger partial charge is 0.192 e. The summed E-state index contributed by atoms with van der Waals surface area (Å²) in [5.41, 5.74) is -0.504. The van der Waals surface area contributed by atoms with Crippen LogP contribution >= 0.6 is 0 Å². The van der Waals surface area contributed by atoms with E-state index < -0.39 is 13.9 Å². The molecular formula is C13H28O2Si. The van der Waals surface area contributed by atoms with Gasteiger partial charge in [0.1, 0.15) is 0 Å². The first-order valence-corrected chi connectivity index (χ1v) is 9.49. The number of hydrogen-bond acceptors (Lipinski definition) is 2. The molecule has 2 nitrogen and oxygen atoms in total. The van der Waals surface area contributed by atoms with Crippen LogP contribution in [0.5, 0.6) is 0 Å². The Bertz CT molecular complexity index is 188. The SMILES string of the molecule is CC[Si](CC)(CC)OCC1(O)CCCCC1. The topological polar surface area (TPSA) is 29.5 Å². The van der Waals surface area contributed by atoms with Crippen LogP contribution in [0, 0.1) is 0 Å². The summed E-state index contributed by atoms with van der Waals surface area (Å²) in [5, 5.41) is 10.4. The quantitative estimate of drug-likeness (QED) is 0.722. The zero-order chi connectivity index (χ0) is 12.1. The average molecular weight is 244 g/mol. The van der Waals surface area contributed by atoms with Crippen molar-refractivity contribution in [2.75, 3.05) is 6.61 Å². The summed E-state index contributed by atoms with van der Waals surface area (Å²) in [6.45, 7) is 7.31. The molecule has 96 valence electrons. The molecule has 0 amide bonds. The lowest BCUT2D eigenvalue weighted by Gasteiger charge is -2.37. The molecule has 0 radical (unpaired) electrons. The maximum atomic E-state index is 10.4. The molecule has 1 rings (SSSR count). The summed E-state index contributed by atoms with van der Waals surface area (Å²) in [5.74, 6) is 0. The van der Waals surface area contributed by atoms with E-state index in [4.69, 9.17) is 4.43 Å². The molecule has 0 aromatic rings. The molecule has 0 heterocycles. The normalized spacial score (nSPS) is 21.0. The highest BCUT2D eigenvalue weighted by Gasteiger charge is 2.35. The molecule has 1 saturated carbocycles. The van der Waals surface area contributed by atoms with Crippen LogP contribution in [0.4, 0.5) is 0 Å². The summed E-state index contributed by atoms with van der Waals surface area (Å²) in [7, 11) is -1.51. The maximum Gasteiger partial charge on any atom is 0.192 e. The number of rotatable bonds is 6. The Morgan fingerprint density at radius 1 is 1.00 bits per heavy atom. The van der Waals surface area contributed by atoms with E-state index in [2.05, 4.69) is 20.8 Å². The zero-order valence-electron chi connectivity index (χ0n) is 11.2. The van der Waals surface area contributed by atoms with Crippen LogP contribution < -0.4 is 0 Å². The molecule has 0 saturated heterocycles. The molecule has 16 heavy (non-hydrogen) atoms. The van der Waals surface area contributed by atoms with Gasteiger partial charge in [-0.15, -0.1) is 0 Å². The molecule has 0 aliphatic heterocycles. The molecule has 1 fully saturated rings. The van der Waals surface area contributed by atoms with Crippen LogP contribution in [0.25, 0.3) is 0 Å². The van der Waals surface area contributed by atoms with Gasteiger partial charge in [0.2, 0.25) is 0 Å². The molecule has 1 aliphatic carbocycles. The van der Waals surface area contributed by atoms with Crippen LogP contribution in [0.1, 0.15) is 52.9 Å². The second-order valence-electron chi connectivity index (χ2n) is 5.32. The first-order valence-electron chi connectivity index (χ1n) is 6.96. The molecule has 3 heteroatoms. The van der Waals surface area contributed by atoms with Gasteiger partial charge in [-0.1, -0.05) is 40.0 Å². The van der Waals surface area contributed by atoms with Crippen molar-refractivity contribution in [3.63, 3.8) is 0 Å². The van der Waals surface area contributed by atoms with Gasteiger partial charge >= 0.3 is 0 Å². The average Bonchev–Trinajstić information content (AvgIpc) is 2.33. The molecule has 0 aromatic carbocycles. The van der Waals surface area contributed by atoms with Crippen LogP contribution in [0.2, 0.25) is 18.1 Å². The van der Waals surface area contributed by atoms with Crippen molar-refractivity contribution in [3.8, 4) is 0 Å². The van der Waals surface area contributed by atoms with Gasteiger partial charge in [-0.05, 0) is 31.0 Å². The Balaban J connectivity index is 2.47. The minimum absolute atomic E-state index is 0.504. The second kappa shape index (κ2) is 6.17. The van der Waals surface area contributed by atoms with Crippen molar-refractivity contribution >= 4 is 8.32 Å². The van der Waals surface area contributed by atoms with Gasteiger partial charge < -0.3 is 9.53 Å². The highest BCUT2D eigenvalue weighted by Crippen LogP contribution is 2.31. The summed E-state index contributed by atoms with van der Waals surface area (Å²) >= 11 is 0. The van der Waals surface area contributed by atoms with E-state index in [1.165, 1.54) is 37.4 Å². The molecule has 0 spiro atoms. The van der Waals surface area contributed by atoms with Gasteiger partial charge in [-0.3, -0.25) is 0 Å². The van der Waals surface area contributed by atoms with E-state index in [9.17, 15) is 5.11 Å². The van der Waals surface area contributed by atoms with Crippen molar-refractivity contribution in [1.29, 1.82) is 0 Å². The predicted octanol–water partition coefficient (Wildman–Crippen LogP) is 3.70. The fourth-order valence-corrected chi connectivity index (χ4v) is 5.39. The second-order valence-corrected chi connectivity index (χ2v) is 10.1. The third-order valence-corrected chi connectivity index (χ3v) is 8.99. The monoisotopic (exact) mass is 244 g/mol. The molecule has 0 aromatic heterocycles. The standard InChI is InChI=1S/C13H28O2Si/c1-4-16(5-2,6-3)15-12-13(14)10-8-7-9-11-13/h14H,4-12H2,1-3H3. The fraction of sp³-hybridized carbons (Fsp3) is 1.00. The van der Waals surface area contributed by atoms with E-state index in [1.54, 1.807) is 0 Å². The van der Waals surface area contributed by atoms with Crippen LogP contribution in [-0.4, -0.2) is 25.6 Å². The first-order chi connectivity index (χ1) is 7.60. The molecular weight excluding hydrogens is 216 g/mol. The third-order valence-electron chi connectivity index (χ3n) is 4.36. The Hall–Kier alpha value is 0.137. The van der Waals surface area contributed by atoms with Gasteiger partial charge in [0.25, 0.3) is 0 Å². The maximum absolute atomic E-state index is 10.4. The Morgan fingerprint density at radius 3 is 1.94 bits per heavy atom. The Kier molecular flexibility index (Phi) is 5.48. The van der Waals surface area contributed by atoms with Crippen molar-refractivity contribution in [2.45, 2.75) is 76.6 Å². The number of hydrogen-bond donors (Lipinski definition) is 1. The van der Waals surface area contributed by atoms with Crippen LogP contribution in [0.3, 0.4) is 0 Å². The Morgan fingerprint density at radius 2 is 1.50 bits per heavy atom. The highest BCUT2D eigenvalue weighted by molar-refractivity contribution is 6.73. The minimum Gasteiger partial charge on any atom is -0.414 e. The summed E-state index contributed by atoms with van der Waals surface area (Å²) < 4.78 is 6.21. The summed E-state index contributed by atoms with van der Waals surface area (Å²) in [6, 6.07) is 3.53. The van der Waals surface area contributed by atoms with Gasteiger partial charge in [0, 0.05) is 0 Å². The predicted molar refractivity (Wildman–Crippen MR) is 71.2 cm³/mol. The lowest BCUT2D eigenvalue weighted by atomic mass is 9.86. The molecule has 0 atom stereocenters. The highest BCUT2D eigenvalue weighted by atomic mass is 28.4. The molecule has 1 N–H and O–H groups in total. The lowest BCUT2D eigenvalue weighted by Crippen LogP contribution is -2.44. The van der Waals surface area contributed by atoms with Crippen molar-refractivity contribution < 1.29 is 9.53 Å². The molecule has 0 unspecified atom stereocenters. The van der Waals surface area contributed by atoms with E-state index in [-0.39, 0.29) is 0 Å². The lowest BCUT2D eigenvalue weighted by molar-refractivity contribution is -0.0372. The van der Waals surface area contributed by atoms with Gasteiger partial charge in [0.15, 0.2) is 8.32 Å². The van der Waals surface area contributed by atoms with Crippen LogP contribution in [-0.2, 0) is 4.43 Å². The summed E-state index contributed by atoms with van der Waals surface area (Å²) in [4.78, 5) is 0. The van der Waals surface area contributed by atoms with Gasteiger partial charge in [-0.2, -0.15) is 0 Å². The molecule has 1 aliphatic rings. The summed E-state index contributed by atoms with van der Waals surface area (Å²) in [6.07, 6.45) is 5.49. The Labute approximate surface area is 102 Å².